The van der Waals surface area contributed by atoms with Gasteiger partial charge in [0, 0.05) is 0 Å². The molecule has 1 aromatic rings. The Kier molecular flexibility index (Phi) is 4.83. The van der Waals surface area contributed by atoms with E-state index in [2.05, 4.69) is 4.97 Å². The number of rotatable bonds is 3. The molecule has 76 valence electrons. The number of hydrogen-bond acceptors (Lipinski definition) is 1. The third kappa shape index (κ3) is 4.12. The quantitative estimate of drug-likeness (QED) is 0.462. The minimum atomic E-state index is -0.117. The first-order chi connectivity index (χ1) is 7.24. The number of nitrogens with zero attached hydrogens (tertiary/aromatic N) is 2. The number of allylic oxidation sites excluding steroid dienone is 1. The van der Waals surface area contributed by atoms with Crippen molar-refractivity contribution in [3.8, 4) is 4.97 Å². The minimum absolute atomic E-state index is 0.117. The molecule has 0 saturated heterocycles. The van der Waals surface area contributed by atoms with Gasteiger partial charge in [0.05, 0.1) is 0 Å². The third-order valence-electron chi connectivity index (χ3n) is 1.74. The van der Waals surface area contributed by atoms with Crippen LogP contribution in [0.1, 0.15) is 5.56 Å². The Bertz CT molecular complexity index is 409. The van der Waals surface area contributed by atoms with Crippen LogP contribution in [0, 0.1) is 10.2 Å². The van der Waals surface area contributed by atoms with Gasteiger partial charge in [-0.15, -0.1) is 0 Å². The van der Waals surface area contributed by atoms with Crippen LogP contribution in [0.3, 0.4) is 0 Å². The van der Waals surface area contributed by atoms with Gasteiger partial charge in [-0.3, -0.25) is 0 Å². The number of benzene rings is 1. The summed E-state index contributed by atoms with van der Waals surface area (Å²) in [5.41, 5.74) is 1.14. The zero-order chi connectivity index (χ0) is 11.1. The molecule has 0 unspecified atom stereocenters. The van der Waals surface area contributed by atoms with Gasteiger partial charge in [-0.1, -0.05) is 0 Å². The van der Waals surface area contributed by atoms with Crippen molar-refractivity contribution in [3.63, 3.8) is 0 Å². The van der Waals surface area contributed by atoms with E-state index in [9.17, 15) is 0 Å². The van der Waals surface area contributed by atoms with Crippen LogP contribution < -0.4 is 0 Å². The summed E-state index contributed by atoms with van der Waals surface area (Å²) >= 11 is -0.117. The molecule has 0 aliphatic rings. The van der Waals surface area contributed by atoms with E-state index in [0.717, 1.165) is 10.0 Å². The van der Waals surface area contributed by atoms with Gasteiger partial charge in [-0.2, -0.15) is 0 Å². The summed E-state index contributed by atoms with van der Waals surface area (Å²) < 4.78 is 3.08. The molecule has 0 saturated carbocycles. The third-order valence-corrected chi connectivity index (χ3v) is 3.17. The average Bonchev–Trinajstić information content (AvgIpc) is 2.25. The molecule has 15 heavy (non-hydrogen) atoms. The monoisotopic (exact) mass is 265 g/mol. The Morgan fingerprint density at radius 3 is 2.53 bits per heavy atom. The van der Waals surface area contributed by atoms with Crippen molar-refractivity contribution in [1.82, 2.24) is 0 Å². The van der Waals surface area contributed by atoms with Gasteiger partial charge in [0.15, 0.2) is 0 Å². The second kappa shape index (κ2) is 6.18. The summed E-state index contributed by atoms with van der Waals surface area (Å²) in [5.74, 6) is 0. The van der Waals surface area contributed by atoms with Crippen LogP contribution in [-0.2, 0) is 0 Å². The van der Waals surface area contributed by atoms with Crippen molar-refractivity contribution in [2.45, 2.75) is 0 Å². The molecule has 2 nitrogen and oxygen atoms in total. The summed E-state index contributed by atoms with van der Waals surface area (Å²) in [4.78, 5) is 2.25. The molecule has 0 aromatic heterocycles. The van der Waals surface area contributed by atoms with Gasteiger partial charge in [-0.05, 0) is 0 Å². The van der Waals surface area contributed by atoms with Crippen LogP contribution in [0.4, 0.5) is 0 Å². The normalized spacial score (nSPS) is 10.6. The molecule has 1 rings (SSSR count). The zero-order valence-electron chi connectivity index (χ0n) is 8.84. The second-order valence-corrected chi connectivity index (χ2v) is 4.94. The molecule has 0 atom stereocenters. The van der Waals surface area contributed by atoms with Crippen molar-refractivity contribution in [1.29, 1.82) is 5.26 Å². The van der Waals surface area contributed by atoms with Crippen LogP contribution >= 0.6 is 0 Å². The molecule has 0 spiro atoms. The molecule has 0 heterocycles. The maximum absolute atomic E-state index is 8.77. The first-order valence-electron chi connectivity index (χ1n) is 4.57. The van der Waals surface area contributed by atoms with Crippen LogP contribution in [0.5, 0.6) is 0 Å². The maximum atomic E-state index is 8.77. The van der Waals surface area contributed by atoms with Gasteiger partial charge < -0.3 is 0 Å². The van der Waals surface area contributed by atoms with E-state index in [-0.39, 0.29) is 15.0 Å². The van der Waals surface area contributed by atoms with Crippen LogP contribution in [0.15, 0.2) is 36.4 Å². The summed E-state index contributed by atoms with van der Waals surface area (Å²) in [5, 5.41) is 8.77. The van der Waals surface area contributed by atoms with Gasteiger partial charge in [0.2, 0.25) is 0 Å². The van der Waals surface area contributed by atoms with Gasteiger partial charge in [0.1, 0.15) is 0 Å². The Hall–Kier alpha value is -1.36. The molecule has 0 aliphatic heterocycles. The van der Waals surface area contributed by atoms with E-state index in [1.165, 1.54) is 0 Å². The van der Waals surface area contributed by atoms with E-state index in [4.69, 9.17) is 5.26 Å². The number of nitriles is 1. The van der Waals surface area contributed by atoms with Crippen molar-refractivity contribution >= 4 is 25.6 Å². The predicted molar refractivity (Wildman–Crippen MR) is 64.0 cm³/mol. The molecule has 0 radical (unpaired) electrons. The van der Waals surface area contributed by atoms with Crippen LogP contribution in [-0.4, -0.2) is 39.8 Å². The van der Waals surface area contributed by atoms with Crippen molar-refractivity contribution in [3.05, 3.63) is 42.0 Å². The van der Waals surface area contributed by atoms with E-state index >= 15 is 0 Å². The second-order valence-electron chi connectivity index (χ2n) is 3.20. The fraction of sp³-hybridized carbons (Fsp3) is 0.167. The fourth-order valence-corrected chi connectivity index (χ4v) is 2.07. The molecular weight excluding hydrogens is 251 g/mol. The van der Waals surface area contributed by atoms with E-state index in [1.807, 2.05) is 61.3 Å². The fourth-order valence-electron chi connectivity index (χ4n) is 1.06. The van der Waals surface area contributed by atoms with Crippen molar-refractivity contribution < 1.29 is 4.58 Å². The first-order valence-corrected chi connectivity index (χ1v) is 6.28. The van der Waals surface area contributed by atoms with E-state index in [0.29, 0.717) is 0 Å². The predicted octanol–water partition coefficient (Wildman–Crippen LogP) is 1.56. The van der Waals surface area contributed by atoms with Gasteiger partial charge in [0.25, 0.3) is 0 Å². The topological polar surface area (TPSA) is 26.8 Å². The van der Waals surface area contributed by atoms with Gasteiger partial charge >= 0.3 is 96.5 Å². The zero-order valence-corrected chi connectivity index (χ0v) is 10.6. The Morgan fingerprint density at radius 2 is 2.00 bits per heavy atom. The van der Waals surface area contributed by atoms with E-state index < -0.39 is 0 Å². The van der Waals surface area contributed by atoms with E-state index in [1.54, 1.807) is 0 Å². The molecule has 0 fully saturated rings. The van der Waals surface area contributed by atoms with Gasteiger partial charge in [-0.25, -0.2) is 0 Å². The Labute approximate surface area is 96.7 Å². The SMILES string of the molecule is C[N+](C)=C/C=C(\[Se]C#N)c1ccccc1. The molecule has 0 N–H and O–H groups in total. The first kappa shape index (κ1) is 11.7. The summed E-state index contributed by atoms with van der Waals surface area (Å²) in [7, 11) is 3.94. The van der Waals surface area contributed by atoms with Crippen molar-refractivity contribution in [2.24, 2.45) is 0 Å². The summed E-state index contributed by atoms with van der Waals surface area (Å²) in [6, 6.07) is 10.0. The standard InChI is InChI=1S/C12H13N2Se/c1-14(2)9-8-12(15-10-13)11-6-4-3-5-7-11/h3-9H,1-2H3/q+1/b12-8-. The average molecular weight is 264 g/mol. The van der Waals surface area contributed by atoms with Crippen LogP contribution in [0.25, 0.3) is 4.47 Å². The molecular formula is C12H13N2Se+. The summed E-state index contributed by atoms with van der Waals surface area (Å²) in [6.07, 6.45) is 3.99. The van der Waals surface area contributed by atoms with Crippen LogP contribution in [0.2, 0.25) is 0 Å². The molecule has 0 bridgehead atoms. The molecule has 0 amide bonds. The Morgan fingerprint density at radius 1 is 1.33 bits per heavy atom. The number of hydrogen-bond donors (Lipinski definition) is 0. The van der Waals surface area contributed by atoms with Crippen molar-refractivity contribution in [2.75, 3.05) is 14.1 Å². The molecule has 1 aromatic carbocycles. The Balaban J connectivity index is 2.99. The molecule has 3 heteroatoms. The summed E-state index contributed by atoms with van der Waals surface area (Å²) in [6.45, 7) is 0. The molecule has 0 aliphatic carbocycles.